The molecule has 0 fully saturated rings. The van der Waals surface area contributed by atoms with Crippen LogP contribution in [-0.4, -0.2) is 44.9 Å². The van der Waals surface area contributed by atoms with Crippen molar-refractivity contribution in [2.75, 3.05) is 25.1 Å². The number of aryl methyl sites for hydroxylation is 1. The number of rotatable bonds is 5. The summed E-state index contributed by atoms with van der Waals surface area (Å²) in [6.45, 7) is 3.96. The highest BCUT2D eigenvalue weighted by atomic mass is 32.2. The molecule has 0 unspecified atom stereocenters. The topological polar surface area (TPSA) is 64.8 Å². The van der Waals surface area contributed by atoms with Gasteiger partial charge < -0.3 is 9.97 Å². The number of thioether (sulfide) groups is 1. The summed E-state index contributed by atoms with van der Waals surface area (Å²) in [6, 6.07) is 8.15. The summed E-state index contributed by atoms with van der Waals surface area (Å²) in [5.74, 6) is 1.13. The van der Waals surface area contributed by atoms with Gasteiger partial charge in [0.2, 0.25) is 0 Å². The smallest absolute Gasteiger partial charge is 0.253 e. The molecule has 2 N–H and O–H groups in total. The third-order valence-electron chi connectivity index (χ3n) is 5.14. The first-order valence-corrected chi connectivity index (χ1v) is 10.5. The van der Waals surface area contributed by atoms with Crippen LogP contribution in [0.25, 0.3) is 10.9 Å². The van der Waals surface area contributed by atoms with Gasteiger partial charge in [-0.1, -0.05) is 12.1 Å². The molecule has 26 heavy (non-hydrogen) atoms. The summed E-state index contributed by atoms with van der Waals surface area (Å²) in [6.07, 6.45) is 5.95. The lowest BCUT2D eigenvalue weighted by atomic mass is 9.95. The zero-order valence-electron chi connectivity index (χ0n) is 15.2. The molecule has 136 valence electrons. The predicted octanol–water partition coefficient (Wildman–Crippen LogP) is 3.26. The number of H-pyrrole nitrogens is 2. The van der Waals surface area contributed by atoms with E-state index >= 15 is 0 Å². The molecule has 3 heterocycles. The van der Waals surface area contributed by atoms with Crippen LogP contribution in [0.2, 0.25) is 0 Å². The minimum Gasteiger partial charge on any atom is -0.348 e. The summed E-state index contributed by atoms with van der Waals surface area (Å²) >= 11 is 1.86. The number of aromatic nitrogens is 3. The Hall–Kier alpha value is -2.05. The maximum atomic E-state index is 12.9. The molecule has 1 aromatic carbocycles. The lowest BCUT2D eigenvalue weighted by molar-refractivity contribution is 0.209. The first-order valence-electron chi connectivity index (χ1n) is 9.06. The lowest BCUT2D eigenvalue weighted by Gasteiger charge is -2.34. The van der Waals surface area contributed by atoms with Gasteiger partial charge in [-0.2, -0.15) is 11.8 Å². The Balaban J connectivity index is 1.79. The summed E-state index contributed by atoms with van der Waals surface area (Å²) in [5, 5.41) is 1.07. The van der Waals surface area contributed by atoms with Crippen LogP contribution in [0.5, 0.6) is 0 Å². The Morgan fingerprint density at radius 1 is 1.35 bits per heavy atom. The highest BCUT2D eigenvalue weighted by molar-refractivity contribution is 7.98. The first kappa shape index (κ1) is 17.4. The van der Waals surface area contributed by atoms with Gasteiger partial charge in [0.15, 0.2) is 0 Å². The van der Waals surface area contributed by atoms with Crippen molar-refractivity contribution in [3.8, 4) is 0 Å². The monoisotopic (exact) mass is 368 g/mol. The van der Waals surface area contributed by atoms with Crippen molar-refractivity contribution in [2.45, 2.75) is 25.8 Å². The minimum absolute atomic E-state index is 0.0150. The average molecular weight is 369 g/mol. The molecule has 1 aliphatic rings. The molecule has 4 rings (SSSR count). The number of aromatic amines is 2. The summed E-state index contributed by atoms with van der Waals surface area (Å²) < 4.78 is 0. The second-order valence-corrected chi connectivity index (χ2v) is 7.93. The maximum absolute atomic E-state index is 12.9. The largest absolute Gasteiger partial charge is 0.348 e. The SMILES string of the molecule is CSCCCN1CCc2[nH]cnc2[C@@H]1c1cc2ccc(C)cc2[nH]c1=O. The normalized spacial score (nSPS) is 17.5. The van der Waals surface area contributed by atoms with Gasteiger partial charge in [-0.05, 0) is 55.0 Å². The number of nitrogens with one attached hydrogen (secondary N) is 2. The van der Waals surface area contributed by atoms with E-state index in [0.717, 1.165) is 65.1 Å². The van der Waals surface area contributed by atoms with E-state index in [0.29, 0.717) is 0 Å². The van der Waals surface area contributed by atoms with Gasteiger partial charge in [-0.25, -0.2) is 4.98 Å². The van der Waals surface area contributed by atoms with E-state index in [-0.39, 0.29) is 11.6 Å². The van der Waals surface area contributed by atoms with Gasteiger partial charge in [0, 0.05) is 29.7 Å². The Labute approximate surface area is 157 Å². The highest BCUT2D eigenvalue weighted by Crippen LogP contribution is 2.32. The van der Waals surface area contributed by atoms with Gasteiger partial charge in [0.05, 0.1) is 18.1 Å². The van der Waals surface area contributed by atoms with Crippen LogP contribution in [-0.2, 0) is 6.42 Å². The molecule has 5 nitrogen and oxygen atoms in total. The van der Waals surface area contributed by atoms with Crippen molar-refractivity contribution in [3.63, 3.8) is 0 Å². The van der Waals surface area contributed by atoms with Crippen LogP contribution in [0.15, 0.2) is 35.4 Å². The van der Waals surface area contributed by atoms with Crippen molar-refractivity contribution in [2.24, 2.45) is 0 Å². The third-order valence-corrected chi connectivity index (χ3v) is 5.84. The Kier molecular flexibility index (Phi) is 4.87. The van der Waals surface area contributed by atoms with E-state index in [9.17, 15) is 4.79 Å². The molecule has 0 saturated carbocycles. The molecule has 0 radical (unpaired) electrons. The van der Waals surface area contributed by atoms with E-state index in [1.54, 1.807) is 6.33 Å². The van der Waals surface area contributed by atoms with Crippen molar-refractivity contribution >= 4 is 22.7 Å². The second-order valence-electron chi connectivity index (χ2n) is 6.95. The Morgan fingerprint density at radius 3 is 3.08 bits per heavy atom. The molecule has 1 atom stereocenters. The van der Waals surface area contributed by atoms with Crippen molar-refractivity contribution in [3.05, 3.63) is 63.5 Å². The Morgan fingerprint density at radius 2 is 2.23 bits per heavy atom. The fraction of sp³-hybridized carbons (Fsp3) is 0.400. The van der Waals surface area contributed by atoms with Crippen molar-refractivity contribution in [1.82, 2.24) is 19.9 Å². The van der Waals surface area contributed by atoms with E-state index in [1.165, 1.54) is 0 Å². The second kappa shape index (κ2) is 7.29. The molecule has 0 amide bonds. The minimum atomic E-state index is -0.0821. The van der Waals surface area contributed by atoms with Crippen LogP contribution in [0.3, 0.4) is 0 Å². The zero-order valence-corrected chi connectivity index (χ0v) is 16.0. The van der Waals surface area contributed by atoms with Gasteiger partial charge in [0.1, 0.15) is 0 Å². The first-order chi connectivity index (χ1) is 12.7. The van der Waals surface area contributed by atoms with Gasteiger partial charge >= 0.3 is 0 Å². The van der Waals surface area contributed by atoms with Crippen LogP contribution in [0.4, 0.5) is 0 Å². The molecular formula is C20H24N4OS. The van der Waals surface area contributed by atoms with Gasteiger partial charge in [-0.15, -0.1) is 0 Å². The quantitative estimate of drug-likeness (QED) is 0.679. The molecular weight excluding hydrogens is 344 g/mol. The molecule has 0 saturated heterocycles. The molecule has 0 aliphatic carbocycles. The predicted molar refractivity (Wildman–Crippen MR) is 108 cm³/mol. The standard InChI is InChI=1S/C20H24N4OS/c1-13-4-5-14-11-15(20(25)23-17(14)10-13)19-18-16(21-12-22-18)6-8-24(19)7-3-9-26-2/h4-5,10-12,19H,3,6-9H2,1-2H3,(H,21,22)(H,23,25)/t19-/m0/s1. The highest BCUT2D eigenvalue weighted by Gasteiger charge is 2.32. The van der Waals surface area contributed by atoms with Gasteiger partial charge in [-0.3, -0.25) is 9.69 Å². The molecule has 2 aromatic heterocycles. The van der Waals surface area contributed by atoms with Crippen LogP contribution in [0.1, 0.15) is 35.0 Å². The van der Waals surface area contributed by atoms with Crippen LogP contribution < -0.4 is 5.56 Å². The van der Waals surface area contributed by atoms with Crippen molar-refractivity contribution in [1.29, 1.82) is 0 Å². The number of fused-ring (bicyclic) bond motifs is 2. The van der Waals surface area contributed by atoms with Crippen molar-refractivity contribution < 1.29 is 0 Å². The number of nitrogens with zero attached hydrogens (tertiary/aromatic N) is 2. The van der Waals surface area contributed by atoms with Gasteiger partial charge in [0.25, 0.3) is 5.56 Å². The summed E-state index contributed by atoms with van der Waals surface area (Å²) in [5.41, 5.74) is 4.96. The lowest BCUT2D eigenvalue weighted by Crippen LogP contribution is -2.39. The van der Waals surface area contributed by atoms with E-state index in [1.807, 2.05) is 30.8 Å². The molecule has 3 aromatic rings. The molecule has 1 aliphatic heterocycles. The number of hydrogen-bond donors (Lipinski definition) is 2. The van der Waals surface area contributed by atoms with E-state index in [2.05, 4.69) is 38.2 Å². The summed E-state index contributed by atoms with van der Waals surface area (Å²) in [4.78, 5) is 26.2. The maximum Gasteiger partial charge on any atom is 0.253 e. The Bertz CT molecular complexity index is 977. The molecule has 6 heteroatoms. The van der Waals surface area contributed by atoms with Crippen LogP contribution >= 0.6 is 11.8 Å². The van der Waals surface area contributed by atoms with Crippen LogP contribution in [0, 0.1) is 6.92 Å². The zero-order chi connectivity index (χ0) is 18.1. The van der Waals surface area contributed by atoms with E-state index in [4.69, 9.17) is 0 Å². The summed E-state index contributed by atoms with van der Waals surface area (Å²) in [7, 11) is 0. The number of imidazole rings is 1. The molecule has 0 bridgehead atoms. The number of benzene rings is 1. The third kappa shape index (κ3) is 3.19. The fourth-order valence-corrected chi connectivity index (χ4v) is 4.27. The number of hydrogen-bond acceptors (Lipinski definition) is 4. The number of pyridine rings is 1. The van der Waals surface area contributed by atoms with E-state index < -0.39 is 0 Å². The fourth-order valence-electron chi connectivity index (χ4n) is 3.86. The molecule has 0 spiro atoms. The average Bonchev–Trinajstić information content (AvgIpc) is 3.10.